The van der Waals surface area contributed by atoms with Crippen LogP contribution in [-0.2, 0) is 6.54 Å². The smallest absolute Gasteiger partial charge is 0.108 e. The Balaban J connectivity index is 2.12. The van der Waals surface area contributed by atoms with Gasteiger partial charge in [-0.15, -0.1) is 0 Å². The minimum Gasteiger partial charge on any atom is -0.326 e. The van der Waals surface area contributed by atoms with Crippen LogP contribution in [0.4, 0.5) is 0 Å². The van der Waals surface area contributed by atoms with Crippen molar-refractivity contribution in [2.45, 2.75) is 25.4 Å². The number of halogens is 1. The van der Waals surface area contributed by atoms with E-state index in [1.165, 1.54) is 12.8 Å². The lowest BCUT2D eigenvalue weighted by molar-refractivity contribution is 0.210. The van der Waals surface area contributed by atoms with E-state index in [0.29, 0.717) is 12.6 Å². The zero-order chi connectivity index (χ0) is 10.8. The molecule has 0 atom stereocenters. The molecule has 1 fully saturated rings. The Morgan fingerprint density at radius 3 is 2.73 bits per heavy atom. The summed E-state index contributed by atoms with van der Waals surface area (Å²) in [5, 5.41) is 4.41. The van der Waals surface area contributed by atoms with Crippen LogP contribution in [0.2, 0.25) is 0 Å². The number of aromatic nitrogens is 2. The summed E-state index contributed by atoms with van der Waals surface area (Å²) in [6.07, 6.45) is 4.20. The summed E-state index contributed by atoms with van der Waals surface area (Å²) >= 11 is 3.57. The molecule has 5 heteroatoms. The zero-order valence-corrected chi connectivity index (χ0v) is 10.6. The van der Waals surface area contributed by atoms with Crippen molar-refractivity contribution in [2.75, 3.05) is 20.1 Å². The molecule has 15 heavy (non-hydrogen) atoms. The maximum atomic E-state index is 5.62. The first kappa shape index (κ1) is 11.1. The molecule has 1 saturated heterocycles. The molecule has 1 aromatic rings. The molecule has 1 aliphatic rings. The molecule has 0 saturated carbocycles. The molecule has 0 unspecified atom stereocenters. The fourth-order valence-corrected chi connectivity index (χ4v) is 2.66. The van der Waals surface area contributed by atoms with E-state index in [9.17, 15) is 0 Å². The van der Waals surface area contributed by atoms with E-state index >= 15 is 0 Å². The number of piperidine rings is 1. The fraction of sp³-hybridized carbons (Fsp3) is 0.700. The van der Waals surface area contributed by atoms with Gasteiger partial charge in [0.25, 0.3) is 0 Å². The standard InChI is InChI=1S/C10H17BrN4/c1-14-4-2-9(3-5-14)15-10(11)8(6-12)7-13-15/h7,9H,2-6,12H2,1H3. The lowest BCUT2D eigenvalue weighted by Gasteiger charge is -2.29. The predicted molar refractivity (Wildman–Crippen MR) is 63.6 cm³/mol. The largest absolute Gasteiger partial charge is 0.326 e. The molecule has 0 radical (unpaired) electrons. The lowest BCUT2D eigenvalue weighted by Crippen LogP contribution is -2.31. The summed E-state index contributed by atoms with van der Waals surface area (Å²) in [5.41, 5.74) is 6.72. The van der Waals surface area contributed by atoms with Gasteiger partial charge in [-0.3, -0.25) is 4.68 Å². The Bertz CT molecular complexity index is 328. The van der Waals surface area contributed by atoms with Gasteiger partial charge in [0.2, 0.25) is 0 Å². The molecule has 1 aliphatic heterocycles. The first-order valence-electron chi connectivity index (χ1n) is 5.33. The number of nitrogens with two attached hydrogens (primary N) is 1. The molecule has 2 rings (SSSR count). The highest BCUT2D eigenvalue weighted by molar-refractivity contribution is 9.10. The molecule has 2 N–H and O–H groups in total. The molecule has 0 bridgehead atoms. The first-order chi connectivity index (χ1) is 7.22. The van der Waals surface area contributed by atoms with Crippen molar-refractivity contribution in [1.82, 2.24) is 14.7 Å². The Kier molecular flexibility index (Phi) is 3.43. The van der Waals surface area contributed by atoms with Gasteiger partial charge in [-0.1, -0.05) is 0 Å². The third-order valence-corrected chi connectivity index (χ3v) is 3.93. The van der Waals surface area contributed by atoms with Gasteiger partial charge in [-0.05, 0) is 48.9 Å². The maximum Gasteiger partial charge on any atom is 0.108 e. The SMILES string of the molecule is CN1CCC(n2ncc(CN)c2Br)CC1. The van der Waals surface area contributed by atoms with Crippen molar-refractivity contribution in [3.8, 4) is 0 Å². The molecule has 1 aromatic heterocycles. The van der Waals surface area contributed by atoms with Crippen molar-refractivity contribution in [3.05, 3.63) is 16.4 Å². The van der Waals surface area contributed by atoms with Crippen LogP contribution in [0.5, 0.6) is 0 Å². The summed E-state index contributed by atoms with van der Waals surface area (Å²) in [4.78, 5) is 2.36. The number of hydrogen-bond acceptors (Lipinski definition) is 3. The van der Waals surface area contributed by atoms with Crippen molar-refractivity contribution in [1.29, 1.82) is 0 Å². The maximum absolute atomic E-state index is 5.62. The van der Waals surface area contributed by atoms with E-state index in [-0.39, 0.29) is 0 Å². The summed E-state index contributed by atoms with van der Waals surface area (Å²) in [5.74, 6) is 0. The molecule has 2 heterocycles. The monoisotopic (exact) mass is 272 g/mol. The lowest BCUT2D eigenvalue weighted by atomic mass is 10.1. The summed E-state index contributed by atoms with van der Waals surface area (Å²) in [7, 11) is 2.17. The minimum absolute atomic E-state index is 0.524. The van der Waals surface area contributed by atoms with Gasteiger partial charge >= 0.3 is 0 Å². The highest BCUT2D eigenvalue weighted by Crippen LogP contribution is 2.26. The minimum atomic E-state index is 0.524. The van der Waals surface area contributed by atoms with E-state index < -0.39 is 0 Å². The second kappa shape index (κ2) is 4.63. The quantitative estimate of drug-likeness (QED) is 0.885. The third kappa shape index (κ3) is 2.24. The Morgan fingerprint density at radius 2 is 2.20 bits per heavy atom. The highest BCUT2D eigenvalue weighted by Gasteiger charge is 2.21. The van der Waals surface area contributed by atoms with Crippen LogP contribution in [-0.4, -0.2) is 34.8 Å². The summed E-state index contributed by atoms with van der Waals surface area (Å²) in [6, 6.07) is 0.524. The molecule has 0 aliphatic carbocycles. The van der Waals surface area contributed by atoms with E-state index in [2.05, 4.69) is 37.7 Å². The Hall–Kier alpha value is -0.390. The van der Waals surface area contributed by atoms with Crippen molar-refractivity contribution in [2.24, 2.45) is 5.73 Å². The van der Waals surface area contributed by atoms with Crippen LogP contribution >= 0.6 is 15.9 Å². The van der Waals surface area contributed by atoms with Gasteiger partial charge in [0.05, 0.1) is 12.2 Å². The topological polar surface area (TPSA) is 47.1 Å². The molecule has 0 aromatic carbocycles. The molecule has 4 nitrogen and oxygen atoms in total. The first-order valence-corrected chi connectivity index (χ1v) is 6.12. The third-order valence-electron chi connectivity index (χ3n) is 3.06. The van der Waals surface area contributed by atoms with E-state index in [1.54, 1.807) is 0 Å². The van der Waals surface area contributed by atoms with Crippen LogP contribution in [0.25, 0.3) is 0 Å². The van der Waals surface area contributed by atoms with Gasteiger partial charge in [-0.25, -0.2) is 0 Å². The van der Waals surface area contributed by atoms with Gasteiger partial charge in [0.1, 0.15) is 4.60 Å². The van der Waals surface area contributed by atoms with Crippen LogP contribution in [0.1, 0.15) is 24.4 Å². The Morgan fingerprint density at radius 1 is 1.53 bits per heavy atom. The molecule has 0 amide bonds. The molecule has 84 valence electrons. The van der Waals surface area contributed by atoms with E-state index in [0.717, 1.165) is 23.3 Å². The second-order valence-electron chi connectivity index (χ2n) is 4.14. The van der Waals surface area contributed by atoms with Crippen molar-refractivity contribution < 1.29 is 0 Å². The average molecular weight is 273 g/mol. The van der Waals surface area contributed by atoms with E-state index in [4.69, 9.17) is 5.73 Å². The number of rotatable bonds is 2. The summed E-state index contributed by atoms with van der Waals surface area (Å²) in [6.45, 7) is 2.84. The van der Waals surface area contributed by atoms with Gasteiger partial charge < -0.3 is 10.6 Å². The van der Waals surface area contributed by atoms with E-state index in [1.807, 2.05) is 6.20 Å². The highest BCUT2D eigenvalue weighted by atomic mass is 79.9. The zero-order valence-electron chi connectivity index (χ0n) is 8.99. The number of nitrogens with zero attached hydrogens (tertiary/aromatic N) is 3. The van der Waals surface area contributed by atoms with Crippen molar-refractivity contribution in [3.63, 3.8) is 0 Å². The summed E-state index contributed by atoms with van der Waals surface area (Å²) < 4.78 is 3.13. The predicted octanol–water partition coefficient (Wildman–Crippen LogP) is 1.37. The number of likely N-dealkylation sites (tertiary alicyclic amines) is 1. The average Bonchev–Trinajstić information content (AvgIpc) is 2.61. The van der Waals surface area contributed by atoms with Gasteiger partial charge in [0.15, 0.2) is 0 Å². The number of hydrogen-bond donors (Lipinski definition) is 1. The second-order valence-corrected chi connectivity index (χ2v) is 4.89. The normalized spacial score (nSPS) is 19.7. The van der Waals surface area contributed by atoms with Crippen LogP contribution < -0.4 is 5.73 Å². The van der Waals surface area contributed by atoms with Crippen LogP contribution in [0, 0.1) is 0 Å². The van der Waals surface area contributed by atoms with Gasteiger partial charge in [0, 0.05) is 12.1 Å². The van der Waals surface area contributed by atoms with Crippen LogP contribution in [0.15, 0.2) is 10.8 Å². The molecule has 0 spiro atoms. The van der Waals surface area contributed by atoms with Crippen LogP contribution in [0.3, 0.4) is 0 Å². The van der Waals surface area contributed by atoms with Crippen molar-refractivity contribution >= 4 is 15.9 Å². The molecular formula is C10H17BrN4. The fourth-order valence-electron chi connectivity index (χ4n) is 2.01. The Labute approximate surface area is 98.6 Å². The van der Waals surface area contributed by atoms with Gasteiger partial charge in [-0.2, -0.15) is 5.10 Å². The molecular weight excluding hydrogens is 256 g/mol.